The molecular formula is C23H26N2O5. The lowest BCUT2D eigenvalue weighted by molar-refractivity contribution is -0.122. The van der Waals surface area contributed by atoms with Crippen LogP contribution in [-0.2, 0) is 14.3 Å². The van der Waals surface area contributed by atoms with Gasteiger partial charge in [0, 0.05) is 24.3 Å². The van der Waals surface area contributed by atoms with Gasteiger partial charge in [-0.15, -0.1) is 0 Å². The summed E-state index contributed by atoms with van der Waals surface area (Å²) in [4.78, 5) is 38.6. The molecule has 0 aliphatic carbocycles. The number of carbonyl (C=O) groups excluding carboxylic acids is 3. The van der Waals surface area contributed by atoms with Crippen molar-refractivity contribution in [1.82, 2.24) is 0 Å². The zero-order chi connectivity index (χ0) is 21.7. The second kappa shape index (κ2) is 9.43. The molecule has 2 aromatic carbocycles. The van der Waals surface area contributed by atoms with Crippen LogP contribution in [0.1, 0.15) is 37.6 Å². The van der Waals surface area contributed by atoms with Gasteiger partial charge in [0.25, 0.3) is 0 Å². The summed E-state index contributed by atoms with van der Waals surface area (Å²) >= 11 is 0. The van der Waals surface area contributed by atoms with Gasteiger partial charge in [0.2, 0.25) is 11.8 Å². The minimum Gasteiger partial charge on any atom is -0.494 e. The summed E-state index contributed by atoms with van der Waals surface area (Å²) in [6.45, 7) is 6.37. The topological polar surface area (TPSA) is 84.9 Å². The van der Waals surface area contributed by atoms with Crippen molar-refractivity contribution in [2.75, 3.05) is 23.4 Å². The predicted octanol–water partition coefficient (Wildman–Crippen LogP) is 3.64. The quantitative estimate of drug-likeness (QED) is 0.705. The number of benzene rings is 2. The molecule has 7 nitrogen and oxygen atoms in total. The van der Waals surface area contributed by atoms with Crippen LogP contribution >= 0.6 is 0 Å². The van der Waals surface area contributed by atoms with Crippen molar-refractivity contribution in [3.8, 4) is 5.75 Å². The number of hydrogen-bond acceptors (Lipinski definition) is 5. The van der Waals surface area contributed by atoms with Gasteiger partial charge in [-0.1, -0.05) is 0 Å². The van der Waals surface area contributed by atoms with Gasteiger partial charge >= 0.3 is 5.97 Å². The first-order chi connectivity index (χ1) is 14.4. The third-order valence-electron chi connectivity index (χ3n) is 4.69. The fourth-order valence-corrected chi connectivity index (χ4v) is 3.24. The highest BCUT2D eigenvalue weighted by Gasteiger charge is 2.35. The van der Waals surface area contributed by atoms with Gasteiger partial charge in [-0.25, -0.2) is 4.79 Å². The first kappa shape index (κ1) is 21.4. The van der Waals surface area contributed by atoms with Crippen LogP contribution in [-0.4, -0.2) is 37.0 Å². The summed E-state index contributed by atoms with van der Waals surface area (Å²) in [5.41, 5.74) is 1.72. The molecule has 1 saturated heterocycles. The first-order valence-corrected chi connectivity index (χ1v) is 10.0. The van der Waals surface area contributed by atoms with Gasteiger partial charge in [-0.05, 0) is 69.3 Å². The SMILES string of the molecule is CCOc1ccc(N2C[C@@H](C(=O)Nc3ccc(C(=O)OC(C)C)cc3)CC2=O)cc1. The molecule has 1 aliphatic rings. The lowest BCUT2D eigenvalue weighted by Crippen LogP contribution is -2.28. The number of amides is 2. The molecule has 158 valence electrons. The largest absolute Gasteiger partial charge is 0.494 e. The monoisotopic (exact) mass is 410 g/mol. The summed E-state index contributed by atoms with van der Waals surface area (Å²) in [6, 6.07) is 13.8. The average molecular weight is 410 g/mol. The minimum atomic E-state index is -0.449. The van der Waals surface area contributed by atoms with Crippen molar-refractivity contribution in [1.29, 1.82) is 0 Å². The van der Waals surface area contributed by atoms with E-state index in [1.165, 1.54) is 0 Å². The normalized spacial score (nSPS) is 15.9. The highest BCUT2D eigenvalue weighted by molar-refractivity contribution is 6.03. The fraction of sp³-hybridized carbons (Fsp3) is 0.348. The number of esters is 1. The van der Waals surface area contributed by atoms with E-state index >= 15 is 0 Å². The standard InChI is InChI=1S/C23H26N2O5/c1-4-29-20-11-9-19(10-12-20)25-14-17(13-21(25)26)22(27)24-18-7-5-16(6-8-18)23(28)30-15(2)3/h5-12,15,17H,4,13-14H2,1-3H3,(H,24,27)/t17-/m0/s1. The lowest BCUT2D eigenvalue weighted by Gasteiger charge is -2.17. The first-order valence-electron chi connectivity index (χ1n) is 10.0. The third kappa shape index (κ3) is 5.17. The Morgan fingerprint density at radius 3 is 2.37 bits per heavy atom. The summed E-state index contributed by atoms with van der Waals surface area (Å²) in [5, 5.41) is 2.82. The van der Waals surface area contributed by atoms with Crippen molar-refractivity contribution in [2.45, 2.75) is 33.3 Å². The van der Waals surface area contributed by atoms with Crippen LogP contribution < -0.4 is 15.0 Å². The van der Waals surface area contributed by atoms with Crippen molar-refractivity contribution >= 4 is 29.2 Å². The van der Waals surface area contributed by atoms with Crippen LogP contribution in [0.4, 0.5) is 11.4 Å². The molecular weight excluding hydrogens is 384 g/mol. The number of nitrogens with zero attached hydrogens (tertiary/aromatic N) is 1. The van der Waals surface area contributed by atoms with Gasteiger partial charge in [-0.3, -0.25) is 9.59 Å². The van der Waals surface area contributed by atoms with E-state index in [4.69, 9.17) is 9.47 Å². The van der Waals surface area contributed by atoms with E-state index < -0.39 is 11.9 Å². The van der Waals surface area contributed by atoms with Crippen LogP contribution in [0.5, 0.6) is 5.75 Å². The summed E-state index contributed by atoms with van der Waals surface area (Å²) < 4.78 is 10.6. The van der Waals surface area contributed by atoms with Gasteiger partial charge < -0.3 is 19.7 Å². The second-order valence-electron chi connectivity index (χ2n) is 7.35. The number of rotatable bonds is 7. The Morgan fingerprint density at radius 2 is 1.77 bits per heavy atom. The van der Waals surface area contributed by atoms with E-state index in [1.54, 1.807) is 43.0 Å². The molecule has 7 heteroatoms. The average Bonchev–Trinajstić information content (AvgIpc) is 3.11. The molecule has 0 unspecified atom stereocenters. The van der Waals surface area contributed by atoms with Crippen molar-refractivity contribution in [3.63, 3.8) is 0 Å². The van der Waals surface area contributed by atoms with Gasteiger partial charge in [-0.2, -0.15) is 0 Å². The van der Waals surface area contributed by atoms with E-state index in [-0.39, 0.29) is 24.3 Å². The van der Waals surface area contributed by atoms with Crippen LogP contribution in [0.25, 0.3) is 0 Å². The Labute approximate surface area is 176 Å². The number of anilines is 2. The number of ether oxygens (including phenoxy) is 2. The van der Waals surface area contributed by atoms with E-state index in [1.807, 2.05) is 31.2 Å². The van der Waals surface area contributed by atoms with Crippen LogP contribution in [0, 0.1) is 5.92 Å². The molecule has 1 aliphatic heterocycles. The Kier molecular flexibility index (Phi) is 6.72. The van der Waals surface area contributed by atoms with Gasteiger partial charge in [0.15, 0.2) is 0 Å². The van der Waals surface area contributed by atoms with Gasteiger partial charge in [0.05, 0.1) is 24.2 Å². The minimum absolute atomic E-state index is 0.0916. The van der Waals surface area contributed by atoms with Crippen LogP contribution in [0.2, 0.25) is 0 Å². The van der Waals surface area contributed by atoms with E-state index in [0.717, 1.165) is 11.4 Å². The fourth-order valence-electron chi connectivity index (χ4n) is 3.24. The van der Waals surface area contributed by atoms with Crippen molar-refractivity contribution in [2.24, 2.45) is 5.92 Å². The maximum atomic E-state index is 12.6. The lowest BCUT2D eigenvalue weighted by atomic mass is 10.1. The predicted molar refractivity (Wildman–Crippen MR) is 114 cm³/mol. The molecule has 1 heterocycles. The zero-order valence-electron chi connectivity index (χ0n) is 17.4. The highest BCUT2D eigenvalue weighted by Crippen LogP contribution is 2.27. The maximum absolute atomic E-state index is 12.6. The Bertz CT molecular complexity index is 906. The molecule has 1 atom stereocenters. The van der Waals surface area contributed by atoms with E-state index in [2.05, 4.69) is 5.32 Å². The molecule has 2 aromatic rings. The highest BCUT2D eigenvalue weighted by atomic mass is 16.5. The molecule has 2 amide bonds. The number of hydrogen-bond donors (Lipinski definition) is 1. The zero-order valence-corrected chi connectivity index (χ0v) is 17.4. The third-order valence-corrected chi connectivity index (χ3v) is 4.69. The molecule has 0 aromatic heterocycles. The molecule has 0 saturated carbocycles. The Hall–Kier alpha value is -3.35. The molecule has 1 fully saturated rings. The summed E-state index contributed by atoms with van der Waals surface area (Å²) in [6.07, 6.45) is -0.0483. The van der Waals surface area contributed by atoms with Crippen molar-refractivity contribution < 1.29 is 23.9 Å². The Balaban J connectivity index is 1.60. The van der Waals surface area contributed by atoms with E-state index in [0.29, 0.717) is 24.4 Å². The Morgan fingerprint density at radius 1 is 1.10 bits per heavy atom. The van der Waals surface area contributed by atoms with E-state index in [9.17, 15) is 14.4 Å². The second-order valence-corrected chi connectivity index (χ2v) is 7.35. The van der Waals surface area contributed by atoms with Crippen LogP contribution in [0.15, 0.2) is 48.5 Å². The smallest absolute Gasteiger partial charge is 0.338 e. The maximum Gasteiger partial charge on any atom is 0.338 e. The van der Waals surface area contributed by atoms with Crippen molar-refractivity contribution in [3.05, 3.63) is 54.1 Å². The molecule has 3 rings (SSSR count). The molecule has 0 radical (unpaired) electrons. The number of carbonyl (C=O) groups is 3. The number of nitrogens with one attached hydrogen (secondary N) is 1. The summed E-state index contributed by atoms with van der Waals surface area (Å²) in [7, 11) is 0. The summed E-state index contributed by atoms with van der Waals surface area (Å²) in [5.74, 6) is -0.437. The van der Waals surface area contributed by atoms with Crippen LogP contribution in [0.3, 0.4) is 0 Å². The van der Waals surface area contributed by atoms with Gasteiger partial charge in [0.1, 0.15) is 5.75 Å². The molecule has 1 N–H and O–H groups in total. The molecule has 0 bridgehead atoms. The molecule has 30 heavy (non-hydrogen) atoms. The molecule has 0 spiro atoms.